The summed E-state index contributed by atoms with van der Waals surface area (Å²) in [5.74, 6) is -0.361. The fourth-order valence-corrected chi connectivity index (χ4v) is 1.57. The van der Waals surface area contributed by atoms with Crippen LogP contribution in [0.4, 0.5) is 0 Å². The summed E-state index contributed by atoms with van der Waals surface area (Å²) in [5, 5.41) is 0. The molecule has 0 atom stereocenters. The Morgan fingerprint density at radius 2 is 2.24 bits per heavy atom. The molecule has 1 aromatic heterocycles. The predicted octanol–water partition coefficient (Wildman–Crippen LogP) is 1.23. The number of hydrogen-bond acceptors (Lipinski definition) is 4. The summed E-state index contributed by atoms with van der Waals surface area (Å²) >= 11 is 0. The molecule has 0 saturated carbocycles. The SMILES string of the molecule is COC(=O)COCCn1cnc2ccccc21. The van der Waals surface area contributed by atoms with Crippen LogP contribution in [0.25, 0.3) is 11.0 Å². The first kappa shape index (κ1) is 11.6. The van der Waals surface area contributed by atoms with Crippen molar-refractivity contribution < 1.29 is 14.3 Å². The number of aromatic nitrogens is 2. The van der Waals surface area contributed by atoms with Crippen LogP contribution in [0.15, 0.2) is 30.6 Å². The van der Waals surface area contributed by atoms with E-state index >= 15 is 0 Å². The number of nitrogens with zero attached hydrogens (tertiary/aromatic N) is 2. The molecule has 2 aromatic rings. The summed E-state index contributed by atoms with van der Waals surface area (Å²) < 4.78 is 11.7. The Morgan fingerprint density at radius 1 is 1.41 bits per heavy atom. The lowest BCUT2D eigenvalue weighted by Crippen LogP contribution is -2.13. The lowest BCUT2D eigenvalue weighted by atomic mass is 10.3. The number of para-hydroxylation sites is 2. The van der Waals surface area contributed by atoms with Gasteiger partial charge in [0.05, 0.1) is 31.1 Å². The van der Waals surface area contributed by atoms with E-state index in [2.05, 4.69) is 9.72 Å². The molecule has 0 bridgehead atoms. The summed E-state index contributed by atoms with van der Waals surface area (Å²) in [7, 11) is 1.34. The highest BCUT2D eigenvalue weighted by molar-refractivity contribution is 5.74. The molecule has 5 nitrogen and oxygen atoms in total. The minimum absolute atomic E-state index is 0.0108. The van der Waals surface area contributed by atoms with Gasteiger partial charge in [0.15, 0.2) is 0 Å². The number of benzene rings is 1. The molecule has 1 heterocycles. The molecular formula is C12H14N2O3. The van der Waals surface area contributed by atoms with Crippen LogP contribution in [0.3, 0.4) is 0 Å². The third kappa shape index (κ3) is 2.82. The summed E-state index contributed by atoms with van der Waals surface area (Å²) in [6.07, 6.45) is 1.77. The number of methoxy groups -OCH3 is 1. The van der Waals surface area contributed by atoms with Gasteiger partial charge in [-0.3, -0.25) is 0 Å². The third-order valence-electron chi connectivity index (χ3n) is 2.45. The fraction of sp³-hybridized carbons (Fsp3) is 0.333. The van der Waals surface area contributed by atoms with Crippen LogP contribution >= 0.6 is 0 Å². The zero-order valence-electron chi connectivity index (χ0n) is 9.63. The van der Waals surface area contributed by atoms with Crippen molar-refractivity contribution in [2.45, 2.75) is 6.54 Å². The van der Waals surface area contributed by atoms with Crippen molar-refractivity contribution in [1.29, 1.82) is 0 Å². The highest BCUT2D eigenvalue weighted by Gasteiger charge is 2.02. The summed E-state index contributed by atoms with van der Waals surface area (Å²) in [4.78, 5) is 15.1. The van der Waals surface area contributed by atoms with Crippen molar-refractivity contribution in [2.75, 3.05) is 20.3 Å². The molecule has 17 heavy (non-hydrogen) atoms. The first-order chi connectivity index (χ1) is 8.31. The van der Waals surface area contributed by atoms with E-state index in [1.54, 1.807) is 6.33 Å². The van der Waals surface area contributed by atoms with Crippen LogP contribution in [0.2, 0.25) is 0 Å². The average Bonchev–Trinajstić information content (AvgIpc) is 2.78. The monoisotopic (exact) mass is 234 g/mol. The highest BCUT2D eigenvalue weighted by Crippen LogP contribution is 2.11. The molecule has 2 rings (SSSR count). The van der Waals surface area contributed by atoms with E-state index in [9.17, 15) is 4.79 Å². The Morgan fingerprint density at radius 3 is 3.06 bits per heavy atom. The van der Waals surface area contributed by atoms with Crippen LogP contribution in [-0.2, 0) is 20.8 Å². The van der Waals surface area contributed by atoms with Gasteiger partial charge in [0.2, 0.25) is 0 Å². The molecule has 0 aliphatic rings. The molecule has 0 aliphatic carbocycles. The maximum atomic E-state index is 10.8. The van der Waals surface area contributed by atoms with Gasteiger partial charge in [-0.15, -0.1) is 0 Å². The van der Waals surface area contributed by atoms with Gasteiger partial charge in [-0.25, -0.2) is 9.78 Å². The normalized spacial score (nSPS) is 10.6. The Balaban J connectivity index is 1.89. The average molecular weight is 234 g/mol. The van der Waals surface area contributed by atoms with Crippen molar-refractivity contribution in [3.05, 3.63) is 30.6 Å². The van der Waals surface area contributed by atoms with Crippen LogP contribution in [0, 0.1) is 0 Å². The molecule has 0 N–H and O–H groups in total. The minimum atomic E-state index is -0.361. The molecule has 5 heteroatoms. The van der Waals surface area contributed by atoms with Crippen molar-refractivity contribution in [3.63, 3.8) is 0 Å². The molecule has 0 fully saturated rings. The molecule has 0 saturated heterocycles. The van der Waals surface area contributed by atoms with E-state index in [0.29, 0.717) is 13.2 Å². The molecule has 0 amide bonds. The van der Waals surface area contributed by atoms with E-state index in [0.717, 1.165) is 11.0 Å². The van der Waals surface area contributed by atoms with Gasteiger partial charge in [0.1, 0.15) is 6.61 Å². The Kier molecular flexibility index (Phi) is 3.72. The number of hydrogen-bond donors (Lipinski definition) is 0. The Hall–Kier alpha value is -1.88. The predicted molar refractivity (Wildman–Crippen MR) is 62.6 cm³/mol. The van der Waals surface area contributed by atoms with Gasteiger partial charge >= 0.3 is 5.97 Å². The smallest absolute Gasteiger partial charge is 0.331 e. The van der Waals surface area contributed by atoms with E-state index < -0.39 is 0 Å². The number of rotatable bonds is 5. The maximum Gasteiger partial charge on any atom is 0.331 e. The van der Waals surface area contributed by atoms with Crippen molar-refractivity contribution >= 4 is 17.0 Å². The van der Waals surface area contributed by atoms with E-state index in [1.165, 1.54) is 7.11 Å². The molecule has 0 aliphatic heterocycles. The van der Waals surface area contributed by atoms with Crippen LogP contribution < -0.4 is 0 Å². The second-order valence-electron chi connectivity index (χ2n) is 3.56. The number of imidazole rings is 1. The minimum Gasteiger partial charge on any atom is -0.467 e. The van der Waals surface area contributed by atoms with Gasteiger partial charge in [0.25, 0.3) is 0 Å². The van der Waals surface area contributed by atoms with Gasteiger partial charge in [-0.05, 0) is 12.1 Å². The van der Waals surface area contributed by atoms with Crippen LogP contribution in [0.5, 0.6) is 0 Å². The van der Waals surface area contributed by atoms with Gasteiger partial charge in [-0.2, -0.15) is 0 Å². The topological polar surface area (TPSA) is 53.4 Å². The third-order valence-corrected chi connectivity index (χ3v) is 2.45. The van der Waals surface area contributed by atoms with Gasteiger partial charge in [0, 0.05) is 6.54 Å². The van der Waals surface area contributed by atoms with Crippen LogP contribution in [-0.4, -0.2) is 35.8 Å². The van der Waals surface area contributed by atoms with Gasteiger partial charge < -0.3 is 14.0 Å². The number of esters is 1. The quantitative estimate of drug-likeness (QED) is 0.576. The standard InChI is InChI=1S/C12H14N2O3/c1-16-12(15)8-17-7-6-14-9-13-10-4-2-3-5-11(10)14/h2-5,9H,6-8H2,1H3. The molecule has 0 spiro atoms. The van der Waals surface area contributed by atoms with E-state index in [4.69, 9.17) is 4.74 Å². The number of ether oxygens (including phenoxy) is 2. The molecular weight excluding hydrogens is 220 g/mol. The number of carbonyl (C=O) groups is 1. The zero-order valence-corrected chi connectivity index (χ0v) is 9.63. The number of fused-ring (bicyclic) bond motifs is 1. The van der Waals surface area contributed by atoms with Gasteiger partial charge in [-0.1, -0.05) is 12.1 Å². The first-order valence-electron chi connectivity index (χ1n) is 5.35. The second-order valence-corrected chi connectivity index (χ2v) is 3.56. The van der Waals surface area contributed by atoms with Crippen molar-refractivity contribution in [1.82, 2.24) is 9.55 Å². The largest absolute Gasteiger partial charge is 0.467 e. The highest BCUT2D eigenvalue weighted by atomic mass is 16.6. The molecule has 0 radical (unpaired) electrons. The van der Waals surface area contributed by atoms with Crippen molar-refractivity contribution in [2.24, 2.45) is 0 Å². The summed E-state index contributed by atoms with van der Waals surface area (Å²) in [6.45, 7) is 1.11. The first-order valence-corrected chi connectivity index (χ1v) is 5.35. The second kappa shape index (κ2) is 5.45. The maximum absolute atomic E-state index is 10.8. The molecule has 1 aromatic carbocycles. The Bertz CT molecular complexity index is 507. The lowest BCUT2D eigenvalue weighted by molar-refractivity contribution is -0.145. The Labute approximate surface area is 99.0 Å². The summed E-state index contributed by atoms with van der Waals surface area (Å²) in [5.41, 5.74) is 2.02. The van der Waals surface area contributed by atoms with E-state index in [1.807, 2.05) is 28.8 Å². The fourth-order valence-electron chi connectivity index (χ4n) is 1.57. The van der Waals surface area contributed by atoms with Crippen molar-refractivity contribution in [3.8, 4) is 0 Å². The molecule has 0 unspecified atom stereocenters. The zero-order chi connectivity index (χ0) is 12.1. The number of carbonyl (C=O) groups excluding carboxylic acids is 1. The van der Waals surface area contributed by atoms with E-state index in [-0.39, 0.29) is 12.6 Å². The van der Waals surface area contributed by atoms with Crippen LogP contribution in [0.1, 0.15) is 0 Å². The molecule has 90 valence electrons. The summed E-state index contributed by atoms with van der Waals surface area (Å²) in [6, 6.07) is 7.88. The lowest BCUT2D eigenvalue weighted by Gasteiger charge is -2.05.